The molecule has 3 aromatic rings. The van der Waals surface area contributed by atoms with E-state index in [1.54, 1.807) is 6.20 Å². The molecule has 0 aliphatic carbocycles. The van der Waals surface area contributed by atoms with Crippen molar-refractivity contribution in [2.24, 2.45) is 0 Å². The van der Waals surface area contributed by atoms with Crippen molar-refractivity contribution in [2.75, 3.05) is 37.6 Å². The zero-order valence-corrected chi connectivity index (χ0v) is 20.0. The summed E-state index contributed by atoms with van der Waals surface area (Å²) in [4.78, 5) is 24.6. The van der Waals surface area contributed by atoms with E-state index < -0.39 is 12.7 Å². The van der Waals surface area contributed by atoms with Crippen molar-refractivity contribution < 1.29 is 18.0 Å². The number of hydrogen-bond donors (Lipinski definition) is 2. The number of nitrogens with zero attached hydrogens (tertiary/aromatic N) is 3. The highest BCUT2D eigenvalue weighted by Crippen LogP contribution is 2.26. The smallest absolute Gasteiger partial charge is 0.361 e. The number of rotatable bonds is 9. The third-order valence-corrected chi connectivity index (χ3v) is 7.20. The lowest BCUT2D eigenvalue weighted by molar-refractivity contribution is -0.146. The Morgan fingerprint density at radius 3 is 2.74 bits per heavy atom. The first-order valence-corrected chi connectivity index (χ1v) is 12.5. The van der Waals surface area contributed by atoms with Gasteiger partial charge in [-0.05, 0) is 24.5 Å². The Morgan fingerprint density at radius 1 is 1.24 bits per heavy atom. The SMILES string of the molecule is CCCCC(Cc1c[nH]c2ccccc12)NC(=O)c1cnc(N2CCN(CC(F)(F)F)CC2)s1. The monoisotopic (exact) mass is 493 g/mol. The van der Waals surface area contributed by atoms with Crippen LogP contribution in [0.25, 0.3) is 10.9 Å². The van der Waals surface area contributed by atoms with Gasteiger partial charge in [-0.3, -0.25) is 9.69 Å². The number of H-pyrrole nitrogens is 1. The predicted octanol–water partition coefficient (Wildman–Crippen LogP) is 4.84. The molecular formula is C24H30F3N5OS. The second-order valence-corrected chi connectivity index (χ2v) is 9.77. The standard InChI is InChI=1S/C24H30F3N5OS/c1-2-3-6-18(13-17-14-28-20-8-5-4-7-19(17)20)30-22(33)21-15-29-23(34-21)32-11-9-31(10-12-32)16-24(25,26)27/h4-5,7-8,14-15,18,28H,2-3,6,9-13,16H2,1H3,(H,30,33). The fourth-order valence-corrected chi connectivity index (χ4v) is 5.24. The van der Waals surface area contributed by atoms with Crippen LogP contribution in [0.5, 0.6) is 0 Å². The summed E-state index contributed by atoms with van der Waals surface area (Å²) in [5, 5.41) is 5.03. The number of carbonyl (C=O) groups excluding carboxylic acids is 1. The summed E-state index contributed by atoms with van der Waals surface area (Å²) in [6.07, 6.45) is 3.08. The number of halogens is 3. The molecule has 1 atom stereocenters. The quantitative estimate of drug-likeness (QED) is 0.448. The van der Waals surface area contributed by atoms with Crippen LogP contribution < -0.4 is 10.2 Å². The molecule has 10 heteroatoms. The van der Waals surface area contributed by atoms with E-state index in [-0.39, 0.29) is 11.9 Å². The minimum atomic E-state index is -4.18. The Kier molecular flexibility index (Phi) is 7.77. The van der Waals surface area contributed by atoms with Crippen LogP contribution in [0.3, 0.4) is 0 Å². The molecule has 1 aliphatic rings. The first-order valence-electron chi connectivity index (χ1n) is 11.7. The molecule has 3 heterocycles. The van der Waals surface area contributed by atoms with Crippen LogP contribution >= 0.6 is 11.3 Å². The van der Waals surface area contributed by atoms with Crippen LogP contribution in [0.15, 0.2) is 36.7 Å². The van der Waals surface area contributed by atoms with E-state index in [4.69, 9.17) is 0 Å². The fraction of sp³-hybridized carbons (Fsp3) is 0.500. The molecule has 6 nitrogen and oxygen atoms in total. The molecule has 1 amide bonds. The maximum absolute atomic E-state index is 13.0. The average molecular weight is 494 g/mol. The van der Waals surface area contributed by atoms with Gasteiger partial charge < -0.3 is 15.2 Å². The molecule has 1 fully saturated rings. The third kappa shape index (κ3) is 6.29. The van der Waals surface area contributed by atoms with Crippen LogP contribution in [0, 0.1) is 0 Å². The maximum atomic E-state index is 13.0. The number of alkyl halides is 3. The number of aromatic nitrogens is 2. The van der Waals surface area contributed by atoms with Gasteiger partial charge in [0, 0.05) is 49.3 Å². The molecule has 1 saturated heterocycles. The molecular weight excluding hydrogens is 463 g/mol. The molecule has 1 aromatic carbocycles. The lowest BCUT2D eigenvalue weighted by atomic mass is 10.0. The molecule has 0 radical (unpaired) electrons. The second kappa shape index (κ2) is 10.8. The Morgan fingerprint density at radius 2 is 2.00 bits per heavy atom. The molecule has 2 N–H and O–H groups in total. The zero-order valence-electron chi connectivity index (χ0n) is 19.2. The molecule has 0 bridgehead atoms. The van der Waals surface area contributed by atoms with Crippen molar-refractivity contribution in [1.29, 1.82) is 0 Å². The predicted molar refractivity (Wildman–Crippen MR) is 130 cm³/mol. The largest absolute Gasteiger partial charge is 0.401 e. The first-order chi connectivity index (χ1) is 16.3. The lowest BCUT2D eigenvalue weighted by Gasteiger charge is -2.34. The summed E-state index contributed by atoms with van der Waals surface area (Å²) in [5.41, 5.74) is 2.26. The third-order valence-electron chi connectivity index (χ3n) is 6.15. The molecule has 0 saturated carbocycles. The number of thiazole rings is 1. The van der Waals surface area contributed by atoms with Gasteiger partial charge in [0.2, 0.25) is 0 Å². The first kappa shape index (κ1) is 24.5. The minimum Gasteiger partial charge on any atom is -0.361 e. The van der Waals surface area contributed by atoms with Gasteiger partial charge in [-0.1, -0.05) is 49.3 Å². The van der Waals surface area contributed by atoms with E-state index in [0.717, 1.165) is 31.2 Å². The molecule has 184 valence electrons. The van der Waals surface area contributed by atoms with Crippen LogP contribution in [0.2, 0.25) is 0 Å². The molecule has 1 aliphatic heterocycles. The van der Waals surface area contributed by atoms with Gasteiger partial charge in [-0.15, -0.1) is 0 Å². The number of benzene rings is 1. The second-order valence-electron chi connectivity index (χ2n) is 8.76. The number of aromatic amines is 1. The summed E-state index contributed by atoms with van der Waals surface area (Å²) in [5.74, 6) is -0.152. The van der Waals surface area contributed by atoms with Crippen molar-refractivity contribution >= 4 is 33.3 Å². The fourth-order valence-electron chi connectivity index (χ4n) is 4.37. The number of fused-ring (bicyclic) bond motifs is 1. The number of hydrogen-bond acceptors (Lipinski definition) is 5. The Hall–Kier alpha value is -2.59. The number of anilines is 1. The molecule has 2 aromatic heterocycles. The van der Waals surface area contributed by atoms with Crippen molar-refractivity contribution in [3.8, 4) is 0 Å². The Labute approximate surface area is 201 Å². The van der Waals surface area contributed by atoms with Crippen LogP contribution in [-0.2, 0) is 6.42 Å². The molecule has 0 spiro atoms. The van der Waals surface area contributed by atoms with Crippen molar-refractivity contribution in [2.45, 2.75) is 44.8 Å². The van der Waals surface area contributed by atoms with E-state index in [1.807, 2.05) is 29.3 Å². The molecule has 34 heavy (non-hydrogen) atoms. The number of unbranched alkanes of at least 4 members (excludes halogenated alkanes) is 1. The summed E-state index contributed by atoms with van der Waals surface area (Å²) < 4.78 is 37.9. The highest BCUT2D eigenvalue weighted by Gasteiger charge is 2.32. The Bertz CT molecular complexity index is 1090. The van der Waals surface area contributed by atoms with E-state index in [0.29, 0.717) is 36.2 Å². The topological polar surface area (TPSA) is 64.3 Å². The van der Waals surface area contributed by atoms with Gasteiger partial charge in [0.1, 0.15) is 4.88 Å². The van der Waals surface area contributed by atoms with Crippen LogP contribution in [-0.4, -0.2) is 65.7 Å². The van der Waals surface area contributed by atoms with Crippen molar-refractivity contribution in [1.82, 2.24) is 20.2 Å². The number of amides is 1. The van der Waals surface area contributed by atoms with Gasteiger partial charge in [0.25, 0.3) is 5.91 Å². The van der Waals surface area contributed by atoms with Gasteiger partial charge in [0.15, 0.2) is 5.13 Å². The summed E-state index contributed by atoms with van der Waals surface area (Å²) in [6, 6.07) is 8.14. The minimum absolute atomic E-state index is 0.00289. The van der Waals surface area contributed by atoms with Crippen molar-refractivity contribution in [3.63, 3.8) is 0 Å². The van der Waals surface area contributed by atoms with Crippen LogP contribution in [0.4, 0.5) is 18.3 Å². The van der Waals surface area contributed by atoms with E-state index >= 15 is 0 Å². The highest BCUT2D eigenvalue weighted by atomic mass is 32.1. The normalized spacial score (nSPS) is 16.2. The lowest BCUT2D eigenvalue weighted by Crippen LogP contribution is -2.49. The zero-order chi connectivity index (χ0) is 24.1. The Balaban J connectivity index is 1.37. The van der Waals surface area contributed by atoms with E-state index in [2.05, 4.69) is 28.3 Å². The van der Waals surface area contributed by atoms with Gasteiger partial charge >= 0.3 is 6.18 Å². The molecule has 4 rings (SSSR count). The van der Waals surface area contributed by atoms with Gasteiger partial charge in [-0.2, -0.15) is 13.2 Å². The number of carbonyl (C=O) groups is 1. The number of para-hydroxylation sites is 1. The highest BCUT2D eigenvalue weighted by molar-refractivity contribution is 7.17. The van der Waals surface area contributed by atoms with Crippen LogP contribution in [0.1, 0.15) is 41.4 Å². The van der Waals surface area contributed by atoms with Gasteiger partial charge in [0.05, 0.1) is 12.7 Å². The number of nitrogens with one attached hydrogen (secondary N) is 2. The van der Waals surface area contributed by atoms with Crippen molar-refractivity contribution in [3.05, 3.63) is 47.1 Å². The molecule has 1 unspecified atom stereocenters. The number of piperazine rings is 1. The van der Waals surface area contributed by atoms with E-state index in [1.165, 1.54) is 27.2 Å². The summed E-state index contributed by atoms with van der Waals surface area (Å²) in [6.45, 7) is 2.82. The summed E-state index contributed by atoms with van der Waals surface area (Å²) >= 11 is 1.29. The van der Waals surface area contributed by atoms with Gasteiger partial charge in [-0.25, -0.2) is 4.98 Å². The summed E-state index contributed by atoms with van der Waals surface area (Å²) in [7, 11) is 0. The average Bonchev–Trinajstić information content (AvgIpc) is 3.45. The maximum Gasteiger partial charge on any atom is 0.401 e. The van der Waals surface area contributed by atoms with E-state index in [9.17, 15) is 18.0 Å².